The maximum Gasteiger partial charge on any atom is 0.170 e. The molecule has 19 heavy (non-hydrogen) atoms. The minimum atomic E-state index is -0.469. The van der Waals surface area contributed by atoms with Crippen molar-refractivity contribution >= 4 is 5.84 Å². The number of oxime groups is 1. The van der Waals surface area contributed by atoms with Crippen molar-refractivity contribution in [3.8, 4) is 0 Å². The van der Waals surface area contributed by atoms with Gasteiger partial charge in [0, 0.05) is 11.1 Å². The van der Waals surface area contributed by atoms with Gasteiger partial charge in [-0.3, -0.25) is 0 Å². The van der Waals surface area contributed by atoms with Crippen LogP contribution in [0.4, 0.5) is 4.39 Å². The molecule has 0 radical (unpaired) electrons. The molecule has 0 aliphatic rings. The van der Waals surface area contributed by atoms with E-state index in [9.17, 15) is 4.39 Å². The lowest BCUT2D eigenvalue weighted by Crippen LogP contribution is -2.13. The van der Waals surface area contributed by atoms with Crippen molar-refractivity contribution in [3.05, 3.63) is 59.3 Å². The van der Waals surface area contributed by atoms with Crippen molar-refractivity contribution in [1.29, 1.82) is 0 Å². The number of furan rings is 1. The van der Waals surface area contributed by atoms with Crippen molar-refractivity contribution < 1.29 is 18.8 Å². The number of nitrogens with two attached hydrogens (primary N) is 1. The normalized spacial score (nSPS) is 11.7. The smallest absolute Gasteiger partial charge is 0.170 e. The van der Waals surface area contributed by atoms with Crippen LogP contribution in [0.15, 0.2) is 46.2 Å². The second-order valence-corrected chi connectivity index (χ2v) is 3.86. The van der Waals surface area contributed by atoms with Gasteiger partial charge in [0.1, 0.15) is 18.2 Å². The van der Waals surface area contributed by atoms with Crippen LogP contribution in [-0.4, -0.2) is 11.0 Å². The van der Waals surface area contributed by atoms with Gasteiger partial charge in [-0.2, -0.15) is 0 Å². The van der Waals surface area contributed by atoms with Crippen molar-refractivity contribution in [3.63, 3.8) is 0 Å². The van der Waals surface area contributed by atoms with Crippen LogP contribution in [-0.2, 0) is 18.0 Å². The van der Waals surface area contributed by atoms with Crippen molar-refractivity contribution in [1.82, 2.24) is 0 Å². The fourth-order valence-corrected chi connectivity index (χ4v) is 1.54. The van der Waals surface area contributed by atoms with Crippen molar-refractivity contribution in [2.75, 3.05) is 0 Å². The maximum absolute atomic E-state index is 13.7. The summed E-state index contributed by atoms with van der Waals surface area (Å²) >= 11 is 0. The average Bonchev–Trinajstić information content (AvgIpc) is 2.93. The molecule has 0 aliphatic carbocycles. The van der Waals surface area contributed by atoms with E-state index in [0.29, 0.717) is 16.9 Å². The van der Waals surface area contributed by atoms with E-state index in [4.69, 9.17) is 20.1 Å². The largest absolute Gasteiger partial charge is 0.467 e. The molecule has 2 rings (SSSR count). The molecule has 0 fully saturated rings. The molecule has 0 unspecified atom stereocenters. The Kier molecular flexibility index (Phi) is 4.15. The third-order valence-electron chi connectivity index (χ3n) is 2.54. The lowest BCUT2D eigenvalue weighted by molar-refractivity contribution is 0.0909. The van der Waals surface area contributed by atoms with Gasteiger partial charge in [-0.25, -0.2) is 4.39 Å². The van der Waals surface area contributed by atoms with Crippen LogP contribution in [0.5, 0.6) is 0 Å². The predicted molar refractivity (Wildman–Crippen MR) is 66.1 cm³/mol. The van der Waals surface area contributed by atoms with Crippen LogP contribution in [0.2, 0.25) is 0 Å². The molecule has 0 saturated carbocycles. The molecular formula is C13H13FN2O3. The average molecular weight is 264 g/mol. The lowest BCUT2D eigenvalue weighted by atomic mass is 10.1. The number of benzene rings is 1. The molecule has 6 heteroatoms. The van der Waals surface area contributed by atoms with Gasteiger partial charge in [0.15, 0.2) is 5.84 Å². The minimum absolute atomic E-state index is 0.114. The molecule has 0 amide bonds. The maximum atomic E-state index is 13.7. The van der Waals surface area contributed by atoms with Gasteiger partial charge in [0.25, 0.3) is 0 Å². The van der Waals surface area contributed by atoms with E-state index < -0.39 is 5.82 Å². The van der Waals surface area contributed by atoms with Crippen LogP contribution < -0.4 is 5.73 Å². The molecule has 1 aromatic heterocycles. The summed E-state index contributed by atoms with van der Waals surface area (Å²) in [5.41, 5.74) is 6.07. The summed E-state index contributed by atoms with van der Waals surface area (Å²) in [6.07, 6.45) is 1.55. The van der Waals surface area contributed by atoms with Crippen LogP contribution in [0.25, 0.3) is 0 Å². The van der Waals surface area contributed by atoms with E-state index in [1.165, 1.54) is 12.1 Å². The second-order valence-electron chi connectivity index (χ2n) is 3.86. The van der Waals surface area contributed by atoms with E-state index in [-0.39, 0.29) is 19.0 Å². The summed E-state index contributed by atoms with van der Waals surface area (Å²) < 4.78 is 24.1. The highest BCUT2D eigenvalue weighted by Crippen LogP contribution is 2.13. The number of ether oxygens (including phenoxy) is 1. The van der Waals surface area contributed by atoms with E-state index in [0.717, 1.165) is 0 Å². The van der Waals surface area contributed by atoms with Crippen LogP contribution in [0.1, 0.15) is 16.9 Å². The molecule has 1 heterocycles. The third kappa shape index (κ3) is 3.32. The number of nitrogens with zero attached hydrogens (tertiary/aromatic N) is 1. The summed E-state index contributed by atoms with van der Waals surface area (Å²) in [4.78, 5) is 0. The first-order valence-electron chi connectivity index (χ1n) is 5.57. The fraction of sp³-hybridized carbons (Fsp3) is 0.154. The number of rotatable bonds is 5. The SMILES string of the molecule is N/C(=N\O)c1ccc(COCc2ccco2)c(F)c1. The summed E-state index contributed by atoms with van der Waals surface area (Å²) in [7, 11) is 0. The van der Waals surface area contributed by atoms with Gasteiger partial charge in [0.05, 0.1) is 12.9 Å². The molecule has 0 atom stereocenters. The predicted octanol–water partition coefficient (Wildman–Crippen LogP) is 2.23. The zero-order valence-electron chi connectivity index (χ0n) is 10.0. The Labute approximate surface area is 109 Å². The van der Waals surface area contributed by atoms with Crippen molar-refractivity contribution in [2.24, 2.45) is 10.9 Å². The van der Waals surface area contributed by atoms with E-state index in [1.807, 2.05) is 0 Å². The summed E-state index contributed by atoms with van der Waals surface area (Å²) in [5, 5.41) is 11.3. The summed E-state index contributed by atoms with van der Waals surface area (Å²) in [6.45, 7) is 0.386. The van der Waals surface area contributed by atoms with Gasteiger partial charge < -0.3 is 20.1 Å². The van der Waals surface area contributed by atoms with E-state index in [1.54, 1.807) is 24.5 Å². The first kappa shape index (κ1) is 13.1. The second kappa shape index (κ2) is 6.01. The molecule has 3 N–H and O–H groups in total. The molecule has 0 saturated heterocycles. The molecule has 5 nitrogen and oxygen atoms in total. The van der Waals surface area contributed by atoms with Crippen LogP contribution in [0.3, 0.4) is 0 Å². The fourth-order valence-electron chi connectivity index (χ4n) is 1.54. The van der Waals surface area contributed by atoms with Gasteiger partial charge in [0.2, 0.25) is 0 Å². The zero-order chi connectivity index (χ0) is 13.7. The standard InChI is InChI=1S/C13H13FN2O3/c14-12-6-9(13(15)16-17)3-4-10(12)7-18-8-11-2-1-5-19-11/h1-6,17H,7-8H2,(H2,15,16). The van der Waals surface area contributed by atoms with E-state index in [2.05, 4.69) is 5.16 Å². The van der Waals surface area contributed by atoms with Crippen molar-refractivity contribution in [2.45, 2.75) is 13.2 Å². The summed E-state index contributed by atoms with van der Waals surface area (Å²) in [6, 6.07) is 7.82. The quantitative estimate of drug-likeness (QED) is 0.375. The molecule has 100 valence electrons. The zero-order valence-corrected chi connectivity index (χ0v) is 10.0. The highest BCUT2D eigenvalue weighted by atomic mass is 19.1. The highest BCUT2D eigenvalue weighted by Gasteiger charge is 2.07. The summed E-state index contributed by atoms with van der Waals surface area (Å²) in [5.74, 6) is 0.0687. The molecule has 2 aromatic rings. The van der Waals surface area contributed by atoms with Gasteiger partial charge in [-0.15, -0.1) is 0 Å². The lowest BCUT2D eigenvalue weighted by Gasteiger charge is -2.06. The number of halogens is 1. The topological polar surface area (TPSA) is 81.0 Å². The molecular weight excluding hydrogens is 251 g/mol. The monoisotopic (exact) mass is 264 g/mol. The minimum Gasteiger partial charge on any atom is -0.467 e. The Morgan fingerprint density at radius 1 is 1.37 bits per heavy atom. The number of hydrogen-bond donors (Lipinski definition) is 2. The Morgan fingerprint density at radius 3 is 2.84 bits per heavy atom. The Hall–Kier alpha value is -2.34. The third-order valence-corrected chi connectivity index (χ3v) is 2.54. The first-order valence-corrected chi connectivity index (χ1v) is 5.57. The van der Waals surface area contributed by atoms with Crippen LogP contribution >= 0.6 is 0 Å². The molecule has 0 aliphatic heterocycles. The Morgan fingerprint density at radius 2 is 2.21 bits per heavy atom. The van der Waals surface area contributed by atoms with Gasteiger partial charge in [-0.1, -0.05) is 17.3 Å². The van der Waals surface area contributed by atoms with Gasteiger partial charge >= 0.3 is 0 Å². The molecule has 0 spiro atoms. The molecule has 1 aromatic carbocycles. The first-order chi connectivity index (χ1) is 9.20. The van der Waals surface area contributed by atoms with E-state index >= 15 is 0 Å². The van der Waals surface area contributed by atoms with Crippen LogP contribution in [0, 0.1) is 5.82 Å². The Bertz CT molecular complexity index is 567. The Balaban J connectivity index is 1.97. The molecule has 0 bridgehead atoms. The van der Waals surface area contributed by atoms with Gasteiger partial charge in [-0.05, 0) is 18.2 Å². The number of hydrogen-bond acceptors (Lipinski definition) is 4. The highest BCUT2D eigenvalue weighted by molar-refractivity contribution is 5.97. The number of amidine groups is 1.